The molecule has 3 rings (SSSR count). The minimum atomic E-state index is -0.839. The van der Waals surface area contributed by atoms with E-state index >= 15 is 0 Å². The minimum Gasteiger partial charge on any atom is -0.365 e. The Morgan fingerprint density at radius 1 is 1.18 bits per heavy atom. The zero-order valence-electron chi connectivity index (χ0n) is 11.6. The normalized spacial score (nSPS) is 57.5. The lowest BCUT2D eigenvalue weighted by Crippen LogP contribution is -2.56. The van der Waals surface area contributed by atoms with Gasteiger partial charge in [-0.2, -0.15) is 0 Å². The van der Waals surface area contributed by atoms with Gasteiger partial charge in [-0.1, -0.05) is 20.8 Å². The van der Waals surface area contributed by atoms with Crippen molar-refractivity contribution in [3.05, 3.63) is 0 Å². The largest absolute Gasteiger partial charge is 0.365 e. The maximum Gasteiger partial charge on any atom is 0.171 e. The van der Waals surface area contributed by atoms with E-state index in [4.69, 9.17) is 4.74 Å². The van der Waals surface area contributed by atoms with Crippen LogP contribution in [0.2, 0.25) is 0 Å². The first-order chi connectivity index (χ1) is 7.80. The highest BCUT2D eigenvalue weighted by Gasteiger charge is 2.67. The van der Waals surface area contributed by atoms with Crippen LogP contribution in [-0.2, 0) is 4.74 Å². The molecule has 2 bridgehead atoms. The topological polar surface area (TPSA) is 29.5 Å². The van der Waals surface area contributed by atoms with Crippen LogP contribution in [0.1, 0.15) is 59.8 Å². The summed E-state index contributed by atoms with van der Waals surface area (Å²) in [6, 6.07) is 0. The lowest BCUT2D eigenvalue weighted by molar-refractivity contribution is -0.320. The van der Waals surface area contributed by atoms with Gasteiger partial charge in [0.1, 0.15) is 0 Å². The Bertz CT molecular complexity index is 340. The molecule has 0 radical (unpaired) electrons. The molecule has 1 aliphatic carbocycles. The summed E-state index contributed by atoms with van der Waals surface area (Å²) in [7, 11) is 0. The molecule has 2 saturated heterocycles. The average molecular weight is 238 g/mol. The molecule has 1 saturated carbocycles. The van der Waals surface area contributed by atoms with Crippen molar-refractivity contribution in [2.45, 2.75) is 71.2 Å². The number of ether oxygens (including phenoxy) is 1. The lowest BCUT2D eigenvalue weighted by Gasteiger charge is -2.52. The van der Waals surface area contributed by atoms with E-state index in [1.54, 1.807) is 0 Å². The predicted octanol–water partition coefficient (Wildman–Crippen LogP) is 3.34. The highest BCUT2D eigenvalue weighted by molar-refractivity contribution is 5.12. The molecule has 0 aromatic heterocycles. The summed E-state index contributed by atoms with van der Waals surface area (Å²) in [5.41, 5.74) is -0.0612. The fourth-order valence-corrected chi connectivity index (χ4v) is 4.94. The molecule has 0 aromatic rings. The summed E-state index contributed by atoms with van der Waals surface area (Å²) in [6.07, 6.45) is 5.41. The van der Waals surface area contributed by atoms with Gasteiger partial charge in [0.2, 0.25) is 0 Å². The molecule has 3 fully saturated rings. The van der Waals surface area contributed by atoms with Crippen LogP contribution in [0.3, 0.4) is 0 Å². The van der Waals surface area contributed by atoms with Crippen molar-refractivity contribution < 1.29 is 9.84 Å². The molecule has 2 aliphatic heterocycles. The highest BCUT2D eigenvalue weighted by atomic mass is 16.6. The molecule has 2 heteroatoms. The van der Waals surface area contributed by atoms with Gasteiger partial charge in [0.05, 0.1) is 5.60 Å². The first-order valence-corrected chi connectivity index (χ1v) is 7.22. The second-order valence-corrected chi connectivity index (χ2v) is 7.51. The quantitative estimate of drug-likeness (QED) is 0.759. The van der Waals surface area contributed by atoms with E-state index in [-0.39, 0.29) is 11.0 Å². The van der Waals surface area contributed by atoms with Crippen LogP contribution < -0.4 is 0 Å². The SMILES string of the molecule is CC(C)[C@@H]1CC[C@]2(C)C1CC1(C)CCC2(O)O1. The summed E-state index contributed by atoms with van der Waals surface area (Å²) in [5, 5.41) is 10.9. The van der Waals surface area contributed by atoms with Crippen molar-refractivity contribution >= 4 is 0 Å². The van der Waals surface area contributed by atoms with Gasteiger partial charge in [0, 0.05) is 11.8 Å². The van der Waals surface area contributed by atoms with Crippen LogP contribution in [0.5, 0.6) is 0 Å². The maximum atomic E-state index is 10.9. The van der Waals surface area contributed by atoms with E-state index in [9.17, 15) is 5.11 Å². The Morgan fingerprint density at radius 2 is 1.88 bits per heavy atom. The summed E-state index contributed by atoms with van der Waals surface area (Å²) < 4.78 is 6.07. The molecule has 98 valence electrons. The molecule has 2 heterocycles. The number of aliphatic hydroxyl groups is 1. The zero-order valence-corrected chi connectivity index (χ0v) is 11.6. The smallest absolute Gasteiger partial charge is 0.171 e. The molecular formula is C15H26O2. The number of hydrogen-bond acceptors (Lipinski definition) is 2. The van der Waals surface area contributed by atoms with Gasteiger partial charge in [-0.05, 0) is 50.4 Å². The van der Waals surface area contributed by atoms with Crippen LogP contribution in [-0.4, -0.2) is 16.5 Å². The third kappa shape index (κ3) is 1.40. The van der Waals surface area contributed by atoms with Crippen molar-refractivity contribution in [1.82, 2.24) is 0 Å². The van der Waals surface area contributed by atoms with Crippen molar-refractivity contribution in [3.63, 3.8) is 0 Å². The Hall–Kier alpha value is -0.0800. The van der Waals surface area contributed by atoms with E-state index in [1.807, 2.05) is 0 Å². The van der Waals surface area contributed by atoms with Gasteiger partial charge >= 0.3 is 0 Å². The van der Waals surface area contributed by atoms with Gasteiger partial charge in [-0.15, -0.1) is 0 Å². The van der Waals surface area contributed by atoms with Gasteiger partial charge in [-0.25, -0.2) is 0 Å². The van der Waals surface area contributed by atoms with Gasteiger partial charge in [-0.3, -0.25) is 0 Å². The third-order valence-corrected chi connectivity index (χ3v) is 6.14. The third-order valence-electron chi connectivity index (χ3n) is 6.14. The van der Waals surface area contributed by atoms with Crippen LogP contribution in [0.15, 0.2) is 0 Å². The molecule has 0 amide bonds. The van der Waals surface area contributed by atoms with E-state index in [0.717, 1.165) is 37.5 Å². The summed E-state index contributed by atoms with van der Waals surface area (Å²) in [4.78, 5) is 0. The molecule has 3 unspecified atom stereocenters. The van der Waals surface area contributed by atoms with Gasteiger partial charge < -0.3 is 9.84 Å². The maximum absolute atomic E-state index is 10.9. The number of rotatable bonds is 1. The van der Waals surface area contributed by atoms with Crippen LogP contribution in [0, 0.1) is 23.2 Å². The standard InChI is InChI=1S/C15H26O2/c1-10(2)11-5-6-14(4)12(11)9-13(3)7-8-15(14,16)17-13/h10-12,16H,5-9H2,1-4H3/t11-,12?,13?,14+,15?/m0/s1. The fraction of sp³-hybridized carbons (Fsp3) is 1.00. The summed E-state index contributed by atoms with van der Waals surface area (Å²) >= 11 is 0. The molecule has 0 spiro atoms. The fourth-order valence-electron chi connectivity index (χ4n) is 4.94. The van der Waals surface area contributed by atoms with Crippen molar-refractivity contribution in [1.29, 1.82) is 0 Å². The van der Waals surface area contributed by atoms with E-state index in [1.165, 1.54) is 6.42 Å². The van der Waals surface area contributed by atoms with Crippen molar-refractivity contribution in [3.8, 4) is 0 Å². The number of fused-ring (bicyclic) bond motifs is 4. The van der Waals surface area contributed by atoms with E-state index < -0.39 is 5.79 Å². The Labute approximate surface area is 105 Å². The van der Waals surface area contributed by atoms with Crippen molar-refractivity contribution in [2.24, 2.45) is 23.2 Å². The Morgan fingerprint density at radius 3 is 2.53 bits per heavy atom. The van der Waals surface area contributed by atoms with Gasteiger partial charge in [0.25, 0.3) is 0 Å². The highest BCUT2D eigenvalue weighted by Crippen LogP contribution is 2.66. The molecule has 1 N–H and O–H groups in total. The predicted molar refractivity (Wildman–Crippen MR) is 67.4 cm³/mol. The van der Waals surface area contributed by atoms with Crippen LogP contribution >= 0.6 is 0 Å². The average Bonchev–Trinajstić information content (AvgIpc) is 2.68. The molecule has 2 nitrogen and oxygen atoms in total. The minimum absolute atomic E-state index is 0.00204. The molecule has 0 aromatic carbocycles. The lowest BCUT2D eigenvalue weighted by atomic mass is 9.65. The zero-order chi connectivity index (χ0) is 12.5. The molecule has 5 atom stereocenters. The first-order valence-electron chi connectivity index (χ1n) is 7.22. The monoisotopic (exact) mass is 238 g/mol. The van der Waals surface area contributed by atoms with E-state index in [2.05, 4.69) is 27.7 Å². The summed E-state index contributed by atoms with van der Waals surface area (Å²) in [5.74, 6) is 1.31. The molecule has 17 heavy (non-hydrogen) atoms. The second-order valence-electron chi connectivity index (χ2n) is 7.51. The van der Waals surface area contributed by atoms with Crippen LogP contribution in [0.25, 0.3) is 0 Å². The number of hydrogen-bond donors (Lipinski definition) is 1. The first kappa shape index (κ1) is 12.0. The summed E-state index contributed by atoms with van der Waals surface area (Å²) in [6.45, 7) is 9.13. The second kappa shape index (κ2) is 3.27. The van der Waals surface area contributed by atoms with E-state index in [0.29, 0.717) is 5.92 Å². The molecular weight excluding hydrogens is 212 g/mol. The Balaban J connectivity index is 1.99. The molecule has 3 aliphatic rings. The van der Waals surface area contributed by atoms with Crippen LogP contribution in [0.4, 0.5) is 0 Å². The Kier molecular flexibility index (Phi) is 2.30. The van der Waals surface area contributed by atoms with Gasteiger partial charge in [0.15, 0.2) is 5.79 Å². The van der Waals surface area contributed by atoms with Crippen molar-refractivity contribution in [2.75, 3.05) is 0 Å².